The van der Waals surface area contributed by atoms with E-state index in [9.17, 15) is 4.79 Å². The summed E-state index contributed by atoms with van der Waals surface area (Å²) >= 11 is 0. The summed E-state index contributed by atoms with van der Waals surface area (Å²) in [7, 11) is 0. The van der Waals surface area contributed by atoms with Crippen molar-refractivity contribution in [2.45, 2.75) is 58.5 Å². The van der Waals surface area contributed by atoms with Gasteiger partial charge in [0.1, 0.15) is 5.52 Å². The molecule has 156 valence electrons. The van der Waals surface area contributed by atoms with Crippen LogP contribution in [-0.2, 0) is 22.4 Å². The smallest absolute Gasteiger partial charge is 0.224 e. The maximum atomic E-state index is 12.7. The van der Waals surface area contributed by atoms with Crippen molar-refractivity contribution >= 4 is 22.8 Å². The number of pyridine rings is 1. The molecule has 4 rings (SSSR count). The first-order valence-electron chi connectivity index (χ1n) is 11.0. The van der Waals surface area contributed by atoms with Gasteiger partial charge in [0, 0.05) is 26.2 Å². The minimum atomic E-state index is 0.000560. The van der Waals surface area contributed by atoms with Crippen LogP contribution in [0.25, 0.3) is 11.2 Å². The van der Waals surface area contributed by atoms with Crippen molar-refractivity contribution in [2.75, 3.05) is 31.1 Å². The first-order valence-corrected chi connectivity index (χ1v) is 11.0. The lowest BCUT2D eigenvalue weighted by Gasteiger charge is -2.33. The Balaban J connectivity index is 1.45. The predicted molar refractivity (Wildman–Crippen MR) is 113 cm³/mol. The predicted octanol–water partition coefficient (Wildman–Crippen LogP) is 2.66. The Morgan fingerprint density at radius 2 is 2.03 bits per heavy atom. The summed E-state index contributed by atoms with van der Waals surface area (Å²) in [6.07, 6.45) is 7.84. The highest BCUT2D eigenvalue weighted by Crippen LogP contribution is 2.25. The molecule has 1 amide bonds. The molecule has 2 aliphatic rings. The Hall–Kier alpha value is -2.28. The van der Waals surface area contributed by atoms with Crippen LogP contribution in [0, 0.1) is 5.92 Å². The molecule has 2 aromatic heterocycles. The molecular weight excluding hydrogens is 366 g/mol. The van der Waals surface area contributed by atoms with Crippen molar-refractivity contribution in [1.29, 1.82) is 0 Å². The zero-order chi connectivity index (χ0) is 20.2. The van der Waals surface area contributed by atoms with Crippen LogP contribution < -0.4 is 10.2 Å². The van der Waals surface area contributed by atoms with Gasteiger partial charge in [-0.2, -0.15) is 0 Å². The van der Waals surface area contributed by atoms with Crippen molar-refractivity contribution in [3.05, 3.63) is 23.7 Å². The molecule has 2 aromatic rings. The number of ether oxygens (including phenoxy) is 1. The van der Waals surface area contributed by atoms with Crippen LogP contribution in [0.15, 0.2) is 12.3 Å². The standard InChI is InChI=1S/C22H31N5O2/c1-3-18-19(4-2)26-21-20(25-18)11-16(12-23-21)27-9-5-7-15(14-27)22(28)24-13-17-8-6-10-29-17/h11-12,15,17H,3-10,13-14H2,1-2H3,(H,24,28)/t15-,17+/m1/s1. The summed E-state index contributed by atoms with van der Waals surface area (Å²) in [5.41, 5.74) is 4.63. The molecule has 2 saturated heterocycles. The maximum Gasteiger partial charge on any atom is 0.224 e. The van der Waals surface area contributed by atoms with Crippen molar-refractivity contribution < 1.29 is 9.53 Å². The van der Waals surface area contributed by atoms with Crippen LogP contribution >= 0.6 is 0 Å². The Bertz CT molecular complexity index is 866. The number of piperidine rings is 1. The van der Waals surface area contributed by atoms with Crippen LogP contribution in [0.3, 0.4) is 0 Å². The molecule has 2 atom stereocenters. The van der Waals surface area contributed by atoms with Crippen molar-refractivity contribution in [3.8, 4) is 0 Å². The average Bonchev–Trinajstić information content (AvgIpc) is 3.29. The van der Waals surface area contributed by atoms with Crippen LogP contribution in [0.4, 0.5) is 5.69 Å². The second kappa shape index (κ2) is 9.03. The third-order valence-corrected chi connectivity index (χ3v) is 6.02. The summed E-state index contributed by atoms with van der Waals surface area (Å²) < 4.78 is 5.61. The number of carbonyl (C=O) groups excluding carboxylic acids is 1. The van der Waals surface area contributed by atoms with Gasteiger partial charge in [0.15, 0.2) is 5.65 Å². The molecule has 0 aromatic carbocycles. The highest BCUT2D eigenvalue weighted by Gasteiger charge is 2.27. The first-order chi connectivity index (χ1) is 14.2. The quantitative estimate of drug-likeness (QED) is 0.807. The number of nitrogens with one attached hydrogen (secondary N) is 1. The van der Waals surface area contributed by atoms with E-state index in [1.54, 1.807) is 0 Å². The number of hydrogen-bond donors (Lipinski definition) is 1. The molecule has 0 saturated carbocycles. The fourth-order valence-corrected chi connectivity index (χ4v) is 4.33. The van der Waals surface area contributed by atoms with E-state index < -0.39 is 0 Å². The molecule has 4 heterocycles. The number of hydrogen-bond acceptors (Lipinski definition) is 6. The van der Waals surface area contributed by atoms with Crippen molar-refractivity contribution in [1.82, 2.24) is 20.3 Å². The molecule has 7 nitrogen and oxygen atoms in total. The van der Waals surface area contributed by atoms with E-state index in [4.69, 9.17) is 9.72 Å². The topological polar surface area (TPSA) is 80.2 Å². The number of aryl methyl sites for hydroxylation is 2. The summed E-state index contributed by atoms with van der Waals surface area (Å²) in [5.74, 6) is 0.139. The Kier molecular flexibility index (Phi) is 6.23. The van der Waals surface area contributed by atoms with E-state index in [0.29, 0.717) is 18.7 Å². The highest BCUT2D eigenvalue weighted by molar-refractivity contribution is 5.80. The van der Waals surface area contributed by atoms with Gasteiger partial charge < -0.3 is 15.0 Å². The van der Waals surface area contributed by atoms with E-state index in [0.717, 1.165) is 74.3 Å². The number of aromatic nitrogens is 3. The Morgan fingerprint density at radius 1 is 1.21 bits per heavy atom. The molecular formula is C22H31N5O2. The van der Waals surface area contributed by atoms with E-state index in [1.165, 1.54) is 0 Å². The highest BCUT2D eigenvalue weighted by atomic mass is 16.5. The van der Waals surface area contributed by atoms with Gasteiger partial charge in [0.2, 0.25) is 5.91 Å². The number of amides is 1. The van der Waals surface area contributed by atoms with Crippen molar-refractivity contribution in [2.24, 2.45) is 5.92 Å². The molecule has 2 fully saturated rings. The molecule has 0 unspecified atom stereocenters. The molecule has 0 spiro atoms. The van der Waals surface area contributed by atoms with Gasteiger partial charge in [-0.25, -0.2) is 15.0 Å². The number of rotatable bonds is 6. The Morgan fingerprint density at radius 3 is 2.79 bits per heavy atom. The third kappa shape index (κ3) is 4.50. The zero-order valence-corrected chi connectivity index (χ0v) is 17.5. The fourth-order valence-electron chi connectivity index (χ4n) is 4.33. The van der Waals surface area contributed by atoms with Crippen LogP contribution in [0.5, 0.6) is 0 Å². The molecule has 0 bridgehead atoms. The molecule has 0 radical (unpaired) electrons. The van der Waals surface area contributed by atoms with Crippen molar-refractivity contribution in [3.63, 3.8) is 0 Å². The lowest BCUT2D eigenvalue weighted by Crippen LogP contribution is -2.44. The van der Waals surface area contributed by atoms with Crippen LogP contribution in [0.1, 0.15) is 50.9 Å². The van der Waals surface area contributed by atoms with E-state index in [1.807, 2.05) is 6.20 Å². The number of carbonyl (C=O) groups is 1. The minimum Gasteiger partial charge on any atom is -0.376 e. The second-order valence-electron chi connectivity index (χ2n) is 8.03. The summed E-state index contributed by atoms with van der Waals surface area (Å²) in [6.45, 7) is 7.30. The van der Waals surface area contributed by atoms with Crippen LogP contribution in [-0.4, -0.2) is 53.2 Å². The maximum absolute atomic E-state index is 12.7. The monoisotopic (exact) mass is 397 g/mol. The SMILES string of the molecule is CCc1nc2cc(N3CCC[C@@H](C(=O)NC[C@@H]4CCCO4)C3)cnc2nc1CC. The second-order valence-corrected chi connectivity index (χ2v) is 8.03. The lowest BCUT2D eigenvalue weighted by atomic mass is 9.96. The van der Waals surface area contributed by atoms with Gasteiger partial charge in [-0.15, -0.1) is 0 Å². The van der Waals surface area contributed by atoms with E-state index in [2.05, 4.69) is 40.1 Å². The van der Waals surface area contributed by atoms with Gasteiger partial charge in [0.05, 0.1) is 35.3 Å². The molecule has 2 aliphatic heterocycles. The van der Waals surface area contributed by atoms with Gasteiger partial charge in [-0.05, 0) is 44.6 Å². The summed E-state index contributed by atoms with van der Waals surface area (Å²) in [5, 5.41) is 3.10. The molecule has 0 aliphatic carbocycles. The third-order valence-electron chi connectivity index (χ3n) is 6.02. The molecule has 29 heavy (non-hydrogen) atoms. The van der Waals surface area contributed by atoms with Gasteiger partial charge in [-0.3, -0.25) is 4.79 Å². The molecule has 1 N–H and O–H groups in total. The lowest BCUT2D eigenvalue weighted by molar-refractivity contribution is -0.125. The number of anilines is 1. The Labute approximate surface area is 172 Å². The first kappa shape index (κ1) is 20.0. The summed E-state index contributed by atoms with van der Waals surface area (Å²) in [6, 6.07) is 2.07. The van der Waals surface area contributed by atoms with Gasteiger partial charge >= 0.3 is 0 Å². The van der Waals surface area contributed by atoms with E-state index in [-0.39, 0.29) is 17.9 Å². The van der Waals surface area contributed by atoms with Crippen LogP contribution in [0.2, 0.25) is 0 Å². The average molecular weight is 398 g/mol. The van der Waals surface area contributed by atoms with Gasteiger partial charge in [0.25, 0.3) is 0 Å². The van der Waals surface area contributed by atoms with E-state index >= 15 is 0 Å². The minimum absolute atomic E-state index is 0.000560. The number of fused-ring (bicyclic) bond motifs is 1. The van der Waals surface area contributed by atoms with Gasteiger partial charge in [-0.1, -0.05) is 13.8 Å². The number of nitrogens with zero attached hydrogens (tertiary/aromatic N) is 4. The largest absolute Gasteiger partial charge is 0.376 e. The summed E-state index contributed by atoms with van der Waals surface area (Å²) in [4.78, 5) is 29.0. The zero-order valence-electron chi connectivity index (χ0n) is 17.5. The fraction of sp³-hybridized carbons (Fsp3) is 0.636. The normalized spacial score (nSPS) is 22.2. The molecule has 7 heteroatoms.